The normalized spacial score (nSPS) is 16.7. The number of carbonyl (C=O) groups excluding carboxylic acids is 2. The van der Waals surface area contributed by atoms with Gasteiger partial charge in [-0.1, -0.05) is 13.0 Å². The maximum absolute atomic E-state index is 14.1. The molecule has 2 amide bonds. The van der Waals surface area contributed by atoms with Crippen LogP contribution in [0.2, 0.25) is 0 Å². The van der Waals surface area contributed by atoms with E-state index < -0.39 is 40.1 Å². The molecule has 1 aromatic carbocycles. The van der Waals surface area contributed by atoms with E-state index in [-0.39, 0.29) is 5.91 Å². The van der Waals surface area contributed by atoms with Crippen molar-refractivity contribution in [3.05, 3.63) is 39.7 Å². The number of hydrogen-bond donors (Lipinski definition) is 1. The molecule has 160 valence electrons. The van der Waals surface area contributed by atoms with Crippen molar-refractivity contribution in [2.75, 3.05) is 26.3 Å². The number of nitrogens with zero attached hydrogens (tertiary/aromatic N) is 2. The molecule has 1 aromatic rings. The van der Waals surface area contributed by atoms with Crippen LogP contribution in [-0.2, 0) is 14.3 Å². The van der Waals surface area contributed by atoms with Crippen LogP contribution in [0.5, 0.6) is 0 Å². The van der Waals surface area contributed by atoms with Crippen LogP contribution in [0.15, 0.2) is 18.2 Å². The first kappa shape index (κ1) is 22.5. The Bertz CT molecular complexity index is 774. The first-order valence-electron chi connectivity index (χ1n) is 9.29. The highest BCUT2D eigenvalue weighted by Crippen LogP contribution is 2.26. The average molecular weight is 411 g/mol. The maximum Gasteiger partial charge on any atom is 0.408 e. The van der Waals surface area contributed by atoms with Crippen molar-refractivity contribution in [2.24, 2.45) is 0 Å². The van der Waals surface area contributed by atoms with E-state index in [1.807, 2.05) is 0 Å². The Morgan fingerprint density at radius 3 is 2.45 bits per heavy atom. The smallest absolute Gasteiger partial charge is 0.408 e. The number of amides is 2. The largest absolute Gasteiger partial charge is 0.444 e. The molecule has 1 saturated heterocycles. The van der Waals surface area contributed by atoms with E-state index in [9.17, 15) is 24.1 Å². The van der Waals surface area contributed by atoms with E-state index in [1.165, 1.54) is 6.07 Å². The molecule has 9 nitrogen and oxygen atoms in total. The second kappa shape index (κ2) is 9.17. The van der Waals surface area contributed by atoms with E-state index in [0.29, 0.717) is 31.9 Å². The van der Waals surface area contributed by atoms with Gasteiger partial charge in [-0.3, -0.25) is 14.9 Å². The summed E-state index contributed by atoms with van der Waals surface area (Å²) >= 11 is 0. The molecule has 0 spiro atoms. The Morgan fingerprint density at radius 2 is 1.93 bits per heavy atom. The summed E-state index contributed by atoms with van der Waals surface area (Å²) < 4.78 is 24.6. The van der Waals surface area contributed by atoms with Gasteiger partial charge in [0.05, 0.1) is 18.1 Å². The van der Waals surface area contributed by atoms with Crippen LogP contribution in [0.25, 0.3) is 0 Å². The van der Waals surface area contributed by atoms with Crippen molar-refractivity contribution >= 4 is 17.7 Å². The molecule has 1 N–H and O–H groups in total. The molecule has 0 radical (unpaired) electrons. The second-order valence-electron chi connectivity index (χ2n) is 7.82. The van der Waals surface area contributed by atoms with Crippen LogP contribution in [-0.4, -0.2) is 59.8 Å². The molecule has 0 aliphatic carbocycles. The van der Waals surface area contributed by atoms with E-state index in [1.54, 1.807) is 32.6 Å². The third kappa shape index (κ3) is 6.11. The van der Waals surface area contributed by atoms with Gasteiger partial charge in [-0.15, -0.1) is 0 Å². The summed E-state index contributed by atoms with van der Waals surface area (Å²) in [6, 6.07) is 2.40. The molecule has 0 unspecified atom stereocenters. The molecule has 0 saturated carbocycles. The number of halogens is 1. The van der Waals surface area contributed by atoms with E-state index in [0.717, 1.165) is 12.1 Å². The predicted octanol–water partition coefficient (Wildman–Crippen LogP) is 2.59. The number of carbonyl (C=O) groups is 2. The molecule has 1 heterocycles. The Balaban J connectivity index is 2.29. The summed E-state index contributed by atoms with van der Waals surface area (Å²) in [6.45, 7) is 8.22. The summed E-state index contributed by atoms with van der Waals surface area (Å²) in [7, 11) is 0. The van der Waals surface area contributed by atoms with E-state index in [2.05, 4.69) is 5.32 Å². The first-order chi connectivity index (χ1) is 13.5. The summed E-state index contributed by atoms with van der Waals surface area (Å²) in [5.41, 5.74) is -1.08. The Hall–Kier alpha value is -2.75. The number of rotatable bonds is 5. The zero-order chi connectivity index (χ0) is 21.8. The number of nitrogens with one attached hydrogen (secondary N) is 1. The SMILES string of the molecule is C[C@@H](c1ccc([N+](=O)[O-])c(F)c1)[C@@H](NC(=O)OC(C)(C)C)C(=O)N1CCOCC1. The fourth-order valence-corrected chi connectivity index (χ4v) is 2.96. The molecule has 29 heavy (non-hydrogen) atoms. The third-order valence-electron chi connectivity index (χ3n) is 4.46. The van der Waals surface area contributed by atoms with Crippen LogP contribution in [0.3, 0.4) is 0 Å². The van der Waals surface area contributed by atoms with Gasteiger partial charge in [0, 0.05) is 25.1 Å². The Labute approximate surface area is 168 Å². The minimum atomic E-state index is -1.04. The lowest BCUT2D eigenvalue weighted by molar-refractivity contribution is -0.387. The minimum Gasteiger partial charge on any atom is -0.444 e. The van der Waals surface area contributed by atoms with Crippen molar-refractivity contribution in [3.8, 4) is 0 Å². The number of morpholine rings is 1. The molecule has 0 aromatic heterocycles. The molecular formula is C19H26FN3O6. The van der Waals surface area contributed by atoms with Crippen LogP contribution in [0.4, 0.5) is 14.9 Å². The summed E-state index contributed by atoms with van der Waals surface area (Å²) in [5, 5.41) is 13.4. The molecule has 2 rings (SSSR count). The minimum absolute atomic E-state index is 0.343. The first-order valence-corrected chi connectivity index (χ1v) is 9.29. The maximum atomic E-state index is 14.1. The van der Waals surface area contributed by atoms with Gasteiger partial charge in [0.2, 0.25) is 11.7 Å². The zero-order valence-electron chi connectivity index (χ0n) is 16.9. The third-order valence-corrected chi connectivity index (χ3v) is 4.46. The Morgan fingerprint density at radius 1 is 1.31 bits per heavy atom. The topological polar surface area (TPSA) is 111 Å². The molecule has 0 bridgehead atoms. The predicted molar refractivity (Wildman–Crippen MR) is 102 cm³/mol. The molecule has 2 atom stereocenters. The second-order valence-corrected chi connectivity index (χ2v) is 7.82. The number of nitro groups is 1. The summed E-state index contributed by atoms with van der Waals surface area (Å²) in [6.07, 6.45) is -0.779. The van der Waals surface area contributed by atoms with Gasteiger partial charge in [0.15, 0.2) is 0 Å². The number of ether oxygens (including phenoxy) is 2. The molecular weight excluding hydrogens is 385 g/mol. The van der Waals surface area contributed by atoms with Crippen LogP contribution >= 0.6 is 0 Å². The highest BCUT2D eigenvalue weighted by Gasteiger charge is 2.34. The number of hydrogen-bond acceptors (Lipinski definition) is 6. The van der Waals surface area contributed by atoms with Gasteiger partial charge in [0.25, 0.3) is 0 Å². The van der Waals surface area contributed by atoms with Gasteiger partial charge >= 0.3 is 11.8 Å². The van der Waals surface area contributed by atoms with Gasteiger partial charge in [0.1, 0.15) is 11.6 Å². The van der Waals surface area contributed by atoms with E-state index >= 15 is 0 Å². The molecule has 1 aliphatic heterocycles. The standard InChI is InChI=1S/C19H26FN3O6/c1-12(13-5-6-15(23(26)27)14(20)11-13)16(21-18(25)29-19(2,3)4)17(24)22-7-9-28-10-8-22/h5-6,11-12,16H,7-10H2,1-4H3,(H,21,25)/t12-,16+/m0/s1. The van der Waals surface area contributed by atoms with Gasteiger partial charge in [-0.25, -0.2) is 4.79 Å². The Kier molecular flexibility index (Phi) is 7.12. The lowest BCUT2D eigenvalue weighted by Crippen LogP contribution is -2.54. The molecule has 10 heteroatoms. The number of alkyl carbamates (subject to hydrolysis) is 1. The highest BCUT2D eigenvalue weighted by atomic mass is 19.1. The van der Waals surface area contributed by atoms with Gasteiger partial charge in [-0.2, -0.15) is 4.39 Å². The van der Waals surface area contributed by atoms with Crippen molar-refractivity contribution in [2.45, 2.75) is 45.3 Å². The monoisotopic (exact) mass is 411 g/mol. The van der Waals surface area contributed by atoms with Gasteiger partial charge in [-0.05, 0) is 32.4 Å². The van der Waals surface area contributed by atoms with Crippen LogP contribution < -0.4 is 5.32 Å². The number of benzene rings is 1. The number of nitro benzene ring substituents is 1. The summed E-state index contributed by atoms with van der Waals surface area (Å²) in [5.74, 6) is -2.02. The molecule has 1 aliphatic rings. The fraction of sp³-hybridized carbons (Fsp3) is 0.579. The summed E-state index contributed by atoms with van der Waals surface area (Å²) in [4.78, 5) is 37.0. The lowest BCUT2D eigenvalue weighted by Gasteiger charge is -2.33. The van der Waals surface area contributed by atoms with Crippen molar-refractivity contribution in [1.29, 1.82) is 0 Å². The zero-order valence-corrected chi connectivity index (χ0v) is 16.9. The fourth-order valence-electron chi connectivity index (χ4n) is 2.96. The highest BCUT2D eigenvalue weighted by molar-refractivity contribution is 5.87. The quantitative estimate of drug-likeness (QED) is 0.589. The lowest BCUT2D eigenvalue weighted by atomic mass is 9.92. The van der Waals surface area contributed by atoms with Crippen LogP contribution in [0.1, 0.15) is 39.2 Å². The van der Waals surface area contributed by atoms with Crippen molar-refractivity contribution in [3.63, 3.8) is 0 Å². The van der Waals surface area contributed by atoms with Crippen molar-refractivity contribution in [1.82, 2.24) is 10.2 Å². The molecule has 1 fully saturated rings. The van der Waals surface area contributed by atoms with E-state index in [4.69, 9.17) is 9.47 Å². The van der Waals surface area contributed by atoms with Crippen molar-refractivity contribution < 1.29 is 28.4 Å². The average Bonchev–Trinajstić information content (AvgIpc) is 2.64. The van der Waals surface area contributed by atoms with Crippen LogP contribution in [0, 0.1) is 15.9 Å². The van der Waals surface area contributed by atoms with Gasteiger partial charge < -0.3 is 19.7 Å².